The summed E-state index contributed by atoms with van der Waals surface area (Å²) in [6.07, 6.45) is 1.72. The van der Waals surface area contributed by atoms with Crippen molar-refractivity contribution in [2.75, 3.05) is 5.34 Å². The molecule has 0 unspecified atom stereocenters. The van der Waals surface area contributed by atoms with Crippen LogP contribution in [0.5, 0.6) is 0 Å². The van der Waals surface area contributed by atoms with Crippen LogP contribution in [0.25, 0.3) is 0 Å². The molecule has 11 heavy (non-hydrogen) atoms. The molecule has 1 aromatic rings. The third kappa shape index (κ3) is 5.31. The number of hydrogen-bond acceptors (Lipinski definition) is 1. The van der Waals surface area contributed by atoms with Crippen LogP contribution in [0.15, 0.2) is 18.3 Å². The summed E-state index contributed by atoms with van der Waals surface area (Å²) in [7, 11) is 0. The van der Waals surface area contributed by atoms with Crippen LogP contribution in [0.1, 0.15) is 5.69 Å². The van der Waals surface area contributed by atoms with Crippen LogP contribution in [-0.2, 0) is 0 Å². The molecule has 0 N–H and O–H groups in total. The second-order valence-electron chi connectivity index (χ2n) is 1.67. The zero-order valence-corrected chi connectivity index (χ0v) is 8.29. The lowest BCUT2D eigenvalue weighted by Crippen LogP contribution is -1.77. The Hall–Kier alpha value is 0.0200. The van der Waals surface area contributed by atoms with Crippen LogP contribution in [0.3, 0.4) is 0 Å². The molecule has 0 saturated heterocycles. The van der Waals surface area contributed by atoms with E-state index in [0.717, 1.165) is 10.7 Å². The SMILES string of the molecule is Cc1ncccc1Cl.ClCCl. The largest absolute Gasteiger partial charge is 0.260 e. The zero-order chi connectivity index (χ0) is 8.69. The van der Waals surface area contributed by atoms with Crippen molar-refractivity contribution >= 4 is 34.8 Å². The van der Waals surface area contributed by atoms with Crippen LogP contribution >= 0.6 is 34.8 Å². The molecule has 0 aromatic carbocycles. The molecule has 1 heterocycles. The molecule has 4 heteroatoms. The Morgan fingerprint density at radius 3 is 2.27 bits per heavy atom. The molecule has 1 nitrogen and oxygen atoms in total. The number of pyridine rings is 1. The Morgan fingerprint density at radius 1 is 1.45 bits per heavy atom. The molecule has 0 amide bonds. The molecular formula is C7H8Cl3N. The first-order valence-corrected chi connectivity index (χ1v) is 4.36. The smallest absolute Gasteiger partial charge is 0.0967 e. The first kappa shape index (κ1) is 11.0. The highest BCUT2D eigenvalue weighted by atomic mass is 35.5. The van der Waals surface area contributed by atoms with Gasteiger partial charge < -0.3 is 0 Å². The molecule has 1 rings (SSSR count). The van der Waals surface area contributed by atoms with Gasteiger partial charge in [0.1, 0.15) is 0 Å². The summed E-state index contributed by atoms with van der Waals surface area (Å²) in [6, 6.07) is 3.64. The number of aromatic nitrogens is 1. The Balaban J connectivity index is 0.000000292. The predicted octanol–water partition coefficient (Wildman–Crippen LogP) is 3.46. The van der Waals surface area contributed by atoms with E-state index in [0.29, 0.717) is 0 Å². The molecule has 0 spiro atoms. The van der Waals surface area contributed by atoms with Crippen LogP contribution in [-0.4, -0.2) is 10.3 Å². The summed E-state index contributed by atoms with van der Waals surface area (Å²) in [6.45, 7) is 1.88. The van der Waals surface area contributed by atoms with Gasteiger partial charge in [-0.15, -0.1) is 23.2 Å². The van der Waals surface area contributed by atoms with Crippen molar-refractivity contribution in [1.29, 1.82) is 0 Å². The average molecular weight is 213 g/mol. The van der Waals surface area contributed by atoms with E-state index in [4.69, 9.17) is 34.8 Å². The van der Waals surface area contributed by atoms with Crippen molar-refractivity contribution in [1.82, 2.24) is 4.98 Å². The van der Waals surface area contributed by atoms with Gasteiger partial charge in [0.2, 0.25) is 0 Å². The van der Waals surface area contributed by atoms with Gasteiger partial charge in [-0.3, -0.25) is 4.98 Å². The van der Waals surface area contributed by atoms with E-state index in [-0.39, 0.29) is 5.34 Å². The van der Waals surface area contributed by atoms with Crippen molar-refractivity contribution in [2.45, 2.75) is 6.92 Å². The lowest BCUT2D eigenvalue weighted by atomic mass is 10.4. The summed E-state index contributed by atoms with van der Waals surface area (Å²) in [5.74, 6) is 0. The standard InChI is InChI=1S/C6H6ClN.CH2Cl2/c1-5-6(7)3-2-4-8-5;2-1-3/h2-4H,1H3;1H2. The highest BCUT2D eigenvalue weighted by molar-refractivity contribution is 6.40. The van der Waals surface area contributed by atoms with Crippen molar-refractivity contribution in [2.24, 2.45) is 0 Å². The predicted molar refractivity (Wildman–Crippen MR) is 50.6 cm³/mol. The molecule has 0 aliphatic heterocycles. The summed E-state index contributed by atoms with van der Waals surface area (Å²) in [5.41, 5.74) is 0.883. The van der Waals surface area contributed by atoms with E-state index in [1.807, 2.05) is 19.1 Å². The van der Waals surface area contributed by atoms with E-state index < -0.39 is 0 Å². The molecule has 0 aliphatic rings. The second kappa shape index (κ2) is 6.71. The van der Waals surface area contributed by atoms with E-state index in [1.54, 1.807) is 6.20 Å². The molecule has 0 radical (unpaired) electrons. The van der Waals surface area contributed by atoms with Crippen molar-refractivity contribution in [3.05, 3.63) is 29.0 Å². The monoisotopic (exact) mass is 211 g/mol. The molecule has 62 valence electrons. The van der Waals surface area contributed by atoms with Gasteiger partial charge in [-0.2, -0.15) is 0 Å². The molecule has 0 saturated carbocycles. The number of rotatable bonds is 0. The second-order valence-corrected chi connectivity index (χ2v) is 2.89. The third-order valence-electron chi connectivity index (χ3n) is 0.942. The fraction of sp³-hybridized carbons (Fsp3) is 0.286. The molecule has 0 fully saturated rings. The number of halogens is 3. The Morgan fingerprint density at radius 2 is 2.00 bits per heavy atom. The summed E-state index contributed by atoms with van der Waals surface area (Å²) in [4.78, 5) is 3.95. The quantitative estimate of drug-likeness (QED) is 0.600. The van der Waals surface area contributed by atoms with Crippen LogP contribution in [0.4, 0.5) is 0 Å². The van der Waals surface area contributed by atoms with E-state index in [1.165, 1.54) is 0 Å². The van der Waals surface area contributed by atoms with Crippen molar-refractivity contribution < 1.29 is 0 Å². The summed E-state index contributed by atoms with van der Waals surface area (Å²) in [5, 5.41) is 0.924. The maximum Gasteiger partial charge on any atom is 0.0967 e. The maximum absolute atomic E-state index is 5.65. The van der Waals surface area contributed by atoms with Gasteiger partial charge in [0.15, 0.2) is 0 Å². The molecule has 0 atom stereocenters. The van der Waals surface area contributed by atoms with E-state index in [9.17, 15) is 0 Å². The van der Waals surface area contributed by atoms with Crippen LogP contribution < -0.4 is 0 Å². The van der Waals surface area contributed by atoms with E-state index in [2.05, 4.69) is 4.98 Å². The van der Waals surface area contributed by atoms with Gasteiger partial charge in [-0.25, -0.2) is 0 Å². The van der Waals surface area contributed by atoms with Gasteiger partial charge in [-0.05, 0) is 19.1 Å². The minimum atomic E-state index is 0.194. The lowest BCUT2D eigenvalue weighted by molar-refractivity contribution is 1.20. The minimum absolute atomic E-state index is 0.194. The van der Waals surface area contributed by atoms with Crippen molar-refractivity contribution in [3.8, 4) is 0 Å². The fourth-order valence-corrected chi connectivity index (χ4v) is 0.586. The summed E-state index contributed by atoms with van der Waals surface area (Å²) < 4.78 is 0. The number of aryl methyl sites for hydroxylation is 1. The minimum Gasteiger partial charge on any atom is -0.260 e. The molecular weight excluding hydrogens is 204 g/mol. The number of alkyl halides is 2. The Labute approximate surface area is 81.3 Å². The molecule has 0 aliphatic carbocycles. The van der Waals surface area contributed by atoms with Gasteiger partial charge in [0.05, 0.1) is 16.1 Å². The third-order valence-corrected chi connectivity index (χ3v) is 1.34. The first-order chi connectivity index (χ1) is 5.22. The normalized spacial score (nSPS) is 8.36. The average Bonchev–Trinajstić information content (AvgIpc) is 1.97. The zero-order valence-electron chi connectivity index (χ0n) is 6.02. The maximum atomic E-state index is 5.65. The van der Waals surface area contributed by atoms with Crippen LogP contribution in [0, 0.1) is 6.92 Å². The highest BCUT2D eigenvalue weighted by Gasteiger charge is 1.88. The van der Waals surface area contributed by atoms with Gasteiger partial charge in [0.25, 0.3) is 0 Å². The Kier molecular flexibility index (Phi) is 6.73. The first-order valence-electron chi connectivity index (χ1n) is 2.91. The number of hydrogen-bond donors (Lipinski definition) is 0. The van der Waals surface area contributed by atoms with Gasteiger partial charge in [0, 0.05) is 6.20 Å². The van der Waals surface area contributed by atoms with Crippen LogP contribution in [0.2, 0.25) is 5.02 Å². The van der Waals surface area contributed by atoms with Crippen molar-refractivity contribution in [3.63, 3.8) is 0 Å². The van der Waals surface area contributed by atoms with E-state index >= 15 is 0 Å². The number of nitrogens with zero attached hydrogens (tertiary/aromatic N) is 1. The van der Waals surface area contributed by atoms with Gasteiger partial charge in [-0.1, -0.05) is 11.6 Å². The lowest BCUT2D eigenvalue weighted by Gasteiger charge is -1.90. The van der Waals surface area contributed by atoms with Gasteiger partial charge >= 0.3 is 0 Å². The Bertz CT molecular complexity index is 182. The molecule has 0 bridgehead atoms. The summed E-state index contributed by atoms with van der Waals surface area (Å²) >= 11 is 15.2. The molecule has 1 aromatic heterocycles. The fourth-order valence-electron chi connectivity index (χ4n) is 0.465. The topological polar surface area (TPSA) is 12.9 Å². The highest BCUT2D eigenvalue weighted by Crippen LogP contribution is 2.08.